The quantitative estimate of drug-likeness (QED) is 0.390. The number of nitrogens with one attached hydrogen (secondary N) is 1. The molecule has 34 heavy (non-hydrogen) atoms. The van der Waals surface area contributed by atoms with Gasteiger partial charge in [0.25, 0.3) is 5.91 Å². The fourth-order valence-corrected chi connectivity index (χ4v) is 3.89. The minimum atomic E-state index is -0.492. The molecule has 8 heteroatoms. The average Bonchev–Trinajstić information content (AvgIpc) is 3.26. The van der Waals surface area contributed by atoms with Gasteiger partial charge >= 0.3 is 0 Å². The Morgan fingerprint density at radius 2 is 2.06 bits per heavy atom. The smallest absolute Gasteiger partial charge is 0.251 e. The number of hydrogen-bond acceptors (Lipinski definition) is 5. The molecule has 7 nitrogen and oxygen atoms in total. The molecule has 1 aromatic carbocycles. The molecule has 1 amide bonds. The van der Waals surface area contributed by atoms with Crippen LogP contribution in [0, 0.1) is 6.92 Å². The summed E-state index contributed by atoms with van der Waals surface area (Å²) in [7, 11) is 0. The van der Waals surface area contributed by atoms with Gasteiger partial charge in [-0.2, -0.15) is 0 Å². The van der Waals surface area contributed by atoms with Gasteiger partial charge in [-0.05, 0) is 62.7 Å². The van der Waals surface area contributed by atoms with Crippen LogP contribution >= 0.6 is 11.6 Å². The van der Waals surface area contributed by atoms with E-state index in [0.717, 1.165) is 28.2 Å². The van der Waals surface area contributed by atoms with Crippen LogP contribution in [0.3, 0.4) is 0 Å². The Morgan fingerprint density at radius 3 is 2.71 bits per heavy atom. The molecular formula is C26H27ClN4O3. The highest BCUT2D eigenvalue weighted by molar-refractivity contribution is 6.32. The summed E-state index contributed by atoms with van der Waals surface area (Å²) in [6.45, 7) is 5.62. The summed E-state index contributed by atoms with van der Waals surface area (Å²) >= 11 is 6.25. The van der Waals surface area contributed by atoms with Gasteiger partial charge in [0.1, 0.15) is 11.4 Å². The molecule has 0 aliphatic carbocycles. The van der Waals surface area contributed by atoms with Gasteiger partial charge < -0.3 is 19.6 Å². The lowest BCUT2D eigenvalue weighted by atomic mass is 10.1. The van der Waals surface area contributed by atoms with Crippen molar-refractivity contribution in [3.8, 4) is 17.0 Å². The number of benzene rings is 1. The maximum absolute atomic E-state index is 12.7. The van der Waals surface area contributed by atoms with Crippen LogP contribution < -0.4 is 10.1 Å². The first-order valence-electron chi connectivity index (χ1n) is 11.1. The summed E-state index contributed by atoms with van der Waals surface area (Å²) in [4.78, 5) is 21.9. The van der Waals surface area contributed by atoms with Gasteiger partial charge in [-0.15, -0.1) is 0 Å². The van der Waals surface area contributed by atoms with Gasteiger partial charge in [0, 0.05) is 41.8 Å². The van der Waals surface area contributed by atoms with Crippen LogP contribution in [-0.2, 0) is 6.42 Å². The number of imidazole rings is 1. The Balaban J connectivity index is 1.42. The largest absolute Gasteiger partial charge is 0.489 e. The number of aromatic nitrogens is 3. The van der Waals surface area contributed by atoms with E-state index in [1.165, 1.54) is 0 Å². The van der Waals surface area contributed by atoms with Crippen LogP contribution in [0.15, 0.2) is 61.1 Å². The Labute approximate surface area is 203 Å². The molecule has 176 valence electrons. The monoisotopic (exact) mass is 478 g/mol. The van der Waals surface area contributed by atoms with Crippen molar-refractivity contribution in [1.29, 1.82) is 0 Å². The summed E-state index contributed by atoms with van der Waals surface area (Å²) < 4.78 is 7.60. The Bertz CT molecular complexity index is 1300. The first kappa shape index (κ1) is 23.7. The minimum Gasteiger partial charge on any atom is -0.489 e. The molecule has 0 radical (unpaired) electrons. The van der Waals surface area contributed by atoms with Crippen molar-refractivity contribution >= 4 is 23.2 Å². The number of halogens is 1. The summed E-state index contributed by atoms with van der Waals surface area (Å²) in [5.74, 6) is 0.200. The standard InChI is InChI=1S/C26H27ClN4O3/c1-16(2)34-24-9-7-18(11-22(24)27)26(33)29-21(15-32)12-20-8-6-19(13-28-20)23-14-31-10-4-5-17(3)25(31)30-23/h4-11,13-14,16,21,32H,12,15H2,1-3H3,(H,29,33)/t21-/m0/s1. The van der Waals surface area contributed by atoms with E-state index in [9.17, 15) is 9.90 Å². The average molecular weight is 479 g/mol. The van der Waals surface area contributed by atoms with E-state index in [-0.39, 0.29) is 18.6 Å². The van der Waals surface area contributed by atoms with Gasteiger partial charge in [-0.25, -0.2) is 4.98 Å². The second-order valence-electron chi connectivity index (χ2n) is 8.46. The Morgan fingerprint density at radius 1 is 1.24 bits per heavy atom. The van der Waals surface area contributed by atoms with E-state index < -0.39 is 6.04 Å². The lowest BCUT2D eigenvalue weighted by Gasteiger charge is -2.17. The van der Waals surface area contributed by atoms with Gasteiger partial charge in [-0.1, -0.05) is 17.7 Å². The number of pyridine rings is 2. The maximum atomic E-state index is 12.7. The molecule has 4 aromatic rings. The van der Waals surface area contributed by atoms with Crippen LogP contribution in [0.4, 0.5) is 0 Å². The van der Waals surface area contributed by atoms with Crippen molar-refractivity contribution in [3.63, 3.8) is 0 Å². The molecule has 3 aromatic heterocycles. The lowest BCUT2D eigenvalue weighted by Crippen LogP contribution is -2.39. The first-order valence-corrected chi connectivity index (χ1v) is 11.5. The zero-order chi connectivity index (χ0) is 24.2. The third-order valence-electron chi connectivity index (χ3n) is 5.37. The summed E-state index contributed by atoms with van der Waals surface area (Å²) in [6, 6.07) is 12.2. The fraction of sp³-hybridized carbons (Fsp3) is 0.269. The number of carbonyl (C=O) groups is 1. The zero-order valence-corrected chi connectivity index (χ0v) is 20.1. The second kappa shape index (κ2) is 10.2. The van der Waals surface area contributed by atoms with Crippen molar-refractivity contribution in [2.75, 3.05) is 6.61 Å². The molecule has 0 saturated heterocycles. The molecule has 2 N–H and O–H groups in total. The van der Waals surface area contributed by atoms with Crippen molar-refractivity contribution in [2.24, 2.45) is 0 Å². The van der Waals surface area contributed by atoms with Crippen LogP contribution in [0.1, 0.15) is 35.5 Å². The highest BCUT2D eigenvalue weighted by Gasteiger charge is 2.16. The fourth-order valence-electron chi connectivity index (χ4n) is 3.66. The third-order valence-corrected chi connectivity index (χ3v) is 5.66. The van der Waals surface area contributed by atoms with Crippen LogP contribution in [0.5, 0.6) is 5.75 Å². The summed E-state index contributed by atoms with van der Waals surface area (Å²) in [6.07, 6.45) is 6.06. The zero-order valence-electron chi connectivity index (χ0n) is 19.3. The number of aryl methyl sites for hydroxylation is 1. The number of rotatable bonds is 8. The second-order valence-corrected chi connectivity index (χ2v) is 8.86. The maximum Gasteiger partial charge on any atom is 0.251 e. The van der Waals surface area contributed by atoms with Crippen molar-refractivity contribution in [3.05, 3.63) is 82.9 Å². The molecule has 1 atom stereocenters. The van der Waals surface area contributed by atoms with E-state index in [2.05, 4.69) is 10.3 Å². The number of aliphatic hydroxyl groups excluding tert-OH is 1. The van der Waals surface area contributed by atoms with Crippen LogP contribution in [0.2, 0.25) is 5.02 Å². The van der Waals surface area contributed by atoms with E-state index in [1.807, 2.05) is 61.8 Å². The molecule has 0 aliphatic heterocycles. The van der Waals surface area contributed by atoms with E-state index >= 15 is 0 Å². The summed E-state index contributed by atoms with van der Waals surface area (Å²) in [5.41, 5.74) is 4.89. The number of aliphatic hydroxyl groups is 1. The molecule has 4 rings (SSSR count). The van der Waals surface area contributed by atoms with E-state index in [1.54, 1.807) is 24.4 Å². The molecule has 0 saturated carbocycles. The molecule has 0 spiro atoms. The number of ether oxygens (including phenoxy) is 1. The topological polar surface area (TPSA) is 88.8 Å². The number of amides is 1. The van der Waals surface area contributed by atoms with E-state index in [4.69, 9.17) is 21.3 Å². The highest BCUT2D eigenvalue weighted by atomic mass is 35.5. The number of carbonyl (C=O) groups excluding carboxylic acids is 1. The van der Waals surface area contributed by atoms with Gasteiger partial charge in [0.2, 0.25) is 0 Å². The Kier molecular flexibility index (Phi) is 7.14. The van der Waals surface area contributed by atoms with E-state index in [0.29, 0.717) is 22.8 Å². The predicted octanol–water partition coefficient (Wildman–Crippen LogP) is 4.48. The van der Waals surface area contributed by atoms with Crippen LogP contribution in [-0.4, -0.2) is 44.1 Å². The SMILES string of the molecule is Cc1cccn2cc(-c3ccc(C[C@@H](CO)NC(=O)c4ccc(OC(C)C)c(Cl)c4)nc3)nc12. The van der Waals surface area contributed by atoms with Crippen LogP contribution in [0.25, 0.3) is 16.9 Å². The van der Waals surface area contributed by atoms with Gasteiger partial charge in [0.15, 0.2) is 0 Å². The number of nitrogens with zero attached hydrogens (tertiary/aromatic N) is 3. The summed E-state index contributed by atoms with van der Waals surface area (Å²) in [5, 5.41) is 13.0. The molecule has 0 aliphatic rings. The van der Waals surface area contributed by atoms with Crippen molar-refractivity contribution < 1.29 is 14.6 Å². The minimum absolute atomic E-state index is 0.0216. The normalized spacial score (nSPS) is 12.2. The first-order chi connectivity index (χ1) is 16.3. The lowest BCUT2D eigenvalue weighted by molar-refractivity contribution is 0.0916. The number of hydrogen-bond donors (Lipinski definition) is 2. The molecule has 3 heterocycles. The number of fused-ring (bicyclic) bond motifs is 1. The van der Waals surface area contributed by atoms with Gasteiger partial charge in [0.05, 0.1) is 29.5 Å². The predicted molar refractivity (Wildman–Crippen MR) is 132 cm³/mol. The third kappa shape index (κ3) is 5.38. The van der Waals surface area contributed by atoms with Crippen molar-refractivity contribution in [1.82, 2.24) is 19.7 Å². The molecule has 0 unspecified atom stereocenters. The molecule has 0 bridgehead atoms. The highest BCUT2D eigenvalue weighted by Crippen LogP contribution is 2.26. The van der Waals surface area contributed by atoms with Gasteiger partial charge in [-0.3, -0.25) is 9.78 Å². The molecule has 0 fully saturated rings. The van der Waals surface area contributed by atoms with Crippen molar-refractivity contribution in [2.45, 2.75) is 39.3 Å². The molecular weight excluding hydrogens is 452 g/mol. The Hall–Kier alpha value is -3.42.